The Kier molecular flexibility index (Phi) is 8.24. The molecule has 52 heavy (non-hydrogen) atoms. The van der Waals surface area contributed by atoms with Crippen molar-refractivity contribution in [3.63, 3.8) is 0 Å². The van der Waals surface area contributed by atoms with E-state index in [1.165, 1.54) is 33.4 Å². The van der Waals surface area contributed by atoms with Crippen LogP contribution in [0.2, 0.25) is 0 Å². The molecule has 1 heterocycles. The lowest BCUT2D eigenvalue weighted by atomic mass is 9.97. The van der Waals surface area contributed by atoms with Gasteiger partial charge in [0.15, 0.2) is 0 Å². The lowest BCUT2D eigenvalue weighted by Crippen LogP contribution is -2.10. The van der Waals surface area contributed by atoms with Crippen LogP contribution in [0.3, 0.4) is 0 Å². The molecule has 246 valence electrons. The van der Waals surface area contributed by atoms with Gasteiger partial charge in [0.1, 0.15) is 11.3 Å². The zero-order valence-electron chi connectivity index (χ0n) is 28.6. The number of rotatable bonds is 8. The number of hydrogen-bond donors (Lipinski definition) is 0. The molecular formula is C50H35NO. The molecular weight excluding hydrogens is 631 g/mol. The molecule has 0 aliphatic rings. The first-order valence-corrected chi connectivity index (χ1v) is 17.7. The summed E-state index contributed by atoms with van der Waals surface area (Å²) in [6.07, 6.45) is 0. The van der Waals surface area contributed by atoms with Gasteiger partial charge in [0.2, 0.25) is 0 Å². The van der Waals surface area contributed by atoms with Crippen molar-refractivity contribution in [3.05, 3.63) is 212 Å². The fourth-order valence-corrected chi connectivity index (χ4v) is 7.05. The molecule has 2 heteroatoms. The Balaban J connectivity index is 1.08. The Labute approximate surface area is 304 Å². The second-order valence-corrected chi connectivity index (χ2v) is 13.0. The zero-order chi connectivity index (χ0) is 34.7. The molecule has 0 bridgehead atoms. The van der Waals surface area contributed by atoms with Crippen LogP contribution in [-0.4, -0.2) is 0 Å². The number of furan rings is 1. The number of fused-ring (bicyclic) bond motifs is 1. The number of hydrogen-bond acceptors (Lipinski definition) is 2. The number of anilines is 3. The Morgan fingerprint density at radius 2 is 0.750 bits per heavy atom. The molecule has 0 amide bonds. The molecule has 8 aromatic carbocycles. The molecule has 0 saturated carbocycles. The van der Waals surface area contributed by atoms with Crippen LogP contribution in [0.25, 0.3) is 66.8 Å². The van der Waals surface area contributed by atoms with Crippen LogP contribution in [0.1, 0.15) is 0 Å². The van der Waals surface area contributed by atoms with Crippen LogP contribution < -0.4 is 4.90 Å². The number of nitrogens with zero attached hydrogens (tertiary/aromatic N) is 1. The third-order valence-corrected chi connectivity index (χ3v) is 9.72. The average molecular weight is 666 g/mol. The molecule has 0 N–H and O–H groups in total. The van der Waals surface area contributed by atoms with Crippen molar-refractivity contribution in [2.75, 3.05) is 4.90 Å². The summed E-state index contributed by atoms with van der Waals surface area (Å²) in [7, 11) is 0. The average Bonchev–Trinajstić information content (AvgIpc) is 3.67. The largest absolute Gasteiger partial charge is 0.456 e. The summed E-state index contributed by atoms with van der Waals surface area (Å²) in [5.74, 6) is 0.870. The van der Waals surface area contributed by atoms with Crippen molar-refractivity contribution in [3.8, 4) is 55.8 Å². The number of benzene rings is 8. The minimum atomic E-state index is 0.870. The predicted molar refractivity (Wildman–Crippen MR) is 218 cm³/mol. The van der Waals surface area contributed by atoms with E-state index < -0.39 is 0 Å². The summed E-state index contributed by atoms with van der Waals surface area (Å²) in [6.45, 7) is 0. The van der Waals surface area contributed by atoms with Gasteiger partial charge in [0.25, 0.3) is 0 Å². The SMILES string of the molecule is c1ccc(-c2ccc(-c3ccc(N(c4ccc(-c5ccccc5-c5cc6ccccc6o5)cc4)c4cccc(-c5ccccc5)c4)cc3)cc2)cc1. The fourth-order valence-electron chi connectivity index (χ4n) is 7.05. The second-order valence-electron chi connectivity index (χ2n) is 13.0. The molecule has 0 aliphatic carbocycles. The predicted octanol–water partition coefficient (Wildman–Crippen LogP) is 14.2. The fraction of sp³-hybridized carbons (Fsp3) is 0. The molecule has 0 spiro atoms. The third-order valence-electron chi connectivity index (χ3n) is 9.72. The van der Waals surface area contributed by atoms with Gasteiger partial charge >= 0.3 is 0 Å². The van der Waals surface area contributed by atoms with E-state index in [0.29, 0.717) is 0 Å². The van der Waals surface area contributed by atoms with Gasteiger partial charge in [-0.15, -0.1) is 0 Å². The standard InChI is InChI=1S/C50H35NO/c1-3-12-36(13-4-1)38-22-24-39(25-23-38)40-26-30-44(31-27-40)51(46-18-11-17-42(34-46)37-14-5-2-6-15-37)45-32-28-41(29-33-45)47-19-8-9-20-48(47)50-35-43-16-7-10-21-49(43)52-50/h1-35H. The van der Waals surface area contributed by atoms with Crippen LogP contribution in [0.5, 0.6) is 0 Å². The molecule has 0 atom stereocenters. The minimum absolute atomic E-state index is 0.870. The Bertz CT molecular complexity index is 2550. The van der Waals surface area contributed by atoms with Crippen LogP contribution in [0.4, 0.5) is 17.1 Å². The lowest BCUT2D eigenvalue weighted by molar-refractivity contribution is 0.632. The zero-order valence-corrected chi connectivity index (χ0v) is 28.6. The Hall–Kier alpha value is -6.90. The van der Waals surface area contributed by atoms with Gasteiger partial charge in [-0.2, -0.15) is 0 Å². The highest BCUT2D eigenvalue weighted by molar-refractivity contribution is 5.89. The summed E-state index contributed by atoms with van der Waals surface area (Å²) in [4.78, 5) is 2.34. The first-order chi connectivity index (χ1) is 25.8. The van der Waals surface area contributed by atoms with E-state index >= 15 is 0 Å². The Morgan fingerprint density at radius 3 is 1.37 bits per heavy atom. The molecule has 1 aromatic heterocycles. The quantitative estimate of drug-likeness (QED) is 0.161. The van der Waals surface area contributed by atoms with Gasteiger partial charge in [0, 0.05) is 28.0 Å². The first-order valence-electron chi connectivity index (χ1n) is 17.7. The molecule has 0 saturated heterocycles. The third kappa shape index (κ3) is 6.19. The van der Waals surface area contributed by atoms with Gasteiger partial charge in [-0.1, -0.05) is 164 Å². The van der Waals surface area contributed by atoms with Gasteiger partial charge in [-0.05, 0) is 93.0 Å². The van der Waals surface area contributed by atoms with E-state index in [2.05, 4.69) is 199 Å². The molecule has 9 aromatic rings. The van der Waals surface area contributed by atoms with E-state index in [1.54, 1.807) is 0 Å². The van der Waals surface area contributed by atoms with E-state index in [1.807, 2.05) is 18.2 Å². The molecule has 0 radical (unpaired) electrons. The smallest absolute Gasteiger partial charge is 0.136 e. The minimum Gasteiger partial charge on any atom is -0.456 e. The van der Waals surface area contributed by atoms with Crippen molar-refractivity contribution >= 4 is 28.0 Å². The molecule has 9 rings (SSSR count). The van der Waals surface area contributed by atoms with Crippen molar-refractivity contribution in [2.24, 2.45) is 0 Å². The van der Waals surface area contributed by atoms with E-state index in [0.717, 1.165) is 50.5 Å². The maximum atomic E-state index is 6.30. The maximum absolute atomic E-state index is 6.30. The number of para-hydroxylation sites is 1. The molecule has 0 aliphatic heterocycles. The van der Waals surface area contributed by atoms with Crippen LogP contribution in [-0.2, 0) is 0 Å². The second kappa shape index (κ2) is 13.8. The topological polar surface area (TPSA) is 16.4 Å². The van der Waals surface area contributed by atoms with E-state index in [9.17, 15) is 0 Å². The highest BCUT2D eigenvalue weighted by Crippen LogP contribution is 2.40. The van der Waals surface area contributed by atoms with Crippen LogP contribution >= 0.6 is 0 Å². The normalized spacial score (nSPS) is 11.1. The first kappa shape index (κ1) is 31.1. The van der Waals surface area contributed by atoms with Crippen molar-refractivity contribution < 1.29 is 4.42 Å². The van der Waals surface area contributed by atoms with Crippen molar-refractivity contribution in [1.82, 2.24) is 0 Å². The highest BCUT2D eigenvalue weighted by atomic mass is 16.3. The summed E-state index contributed by atoms with van der Waals surface area (Å²) < 4.78 is 6.30. The summed E-state index contributed by atoms with van der Waals surface area (Å²) >= 11 is 0. The lowest BCUT2D eigenvalue weighted by Gasteiger charge is -2.26. The van der Waals surface area contributed by atoms with E-state index in [-0.39, 0.29) is 0 Å². The molecule has 2 nitrogen and oxygen atoms in total. The summed E-state index contributed by atoms with van der Waals surface area (Å²) in [5, 5.41) is 1.10. The van der Waals surface area contributed by atoms with Crippen molar-refractivity contribution in [1.29, 1.82) is 0 Å². The van der Waals surface area contributed by atoms with E-state index in [4.69, 9.17) is 4.42 Å². The van der Waals surface area contributed by atoms with Gasteiger partial charge < -0.3 is 9.32 Å². The van der Waals surface area contributed by atoms with Crippen molar-refractivity contribution in [2.45, 2.75) is 0 Å². The Morgan fingerprint density at radius 1 is 0.288 bits per heavy atom. The summed E-state index contributed by atoms with van der Waals surface area (Å²) in [5.41, 5.74) is 14.7. The van der Waals surface area contributed by atoms with Crippen LogP contribution in [0, 0.1) is 0 Å². The van der Waals surface area contributed by atoms with Crippen LogP contribution in [0.15, 0.2) is 217 Å². The monoisotopic (exact) mass is 665 g/mol. The maximum Gasteiger partial charge on any atom is 0.136 e. The van der Waals surface area contributed by atoms with Gasteiger partial charge in [-0.25, -0.2) is 0 Å². The molecule has 0 unspecified atom stereocenters. The summed E-state index contributed by atoms with van der Waals surface area (Å²) in [6, 6.07) is 75.2. The highest BCUT2D eigenvalue weighted by Gasteiger charge is 2.16. The molecule has 0 fully saturated rings. The van der Waals surface area contributed by atoms with Gasteiger partial charge in [-0.3, -0.25) is 0 Å². The van der Waals surface area contributed by atoms with Gasteiger partial charge in [0.05, 0.1) is 0 Å².